The molecule has 2 fully saturated rings. The second kappa shape index (κ2) is 13.1. The van der Waals surface area contributed by atoms with Crippen LogP contribution in [0.15, 0.2) is 72.8 Å². The van der Waals surface area contributed by atoms with Crippen LogP contribution in [0.2, 0.25) is 23.7 Å². The van der Waals surface area contributed by atoms with E-state index >= 15 is 4.11 Å². The van der Waals surface area contributed by atoms with Crippen molar-refractivity contribution in [1.29, 1.82) is 0 Å². The molecule has 3 aromatic rings. The van der Waals surface area contributed by atoms with Crippen LogP contribution in [0.5, 0.6) is 0 Å². The van der Waals surface area contributed by atoms with Gasteiger partial charge in [-0.2, -0.15) is 0 Å². The molecular formula is C36H41ClFN3O5Si. The summed E-state index contributed by atoms with van der Waals surface area (Å²) in [4.78, 5) is 46.0. The van der Waals surface area contributed by atoms with Crippen LogP contribution in [0.1, 0.15) is 42.9 Å². The summed E-state index contributed by atoms with van der Waals surface area (Å²) in [6, 6.07) is 22.4. The summed E-state index contributed by atoms with van der Waals surface area (Å²) in [5.74, 6) is -1.10. The van der Waals surface area contributed by atoms with Crippen LogP contribution in [0.3, 0.4) is 0 Å². The molecule has 2 saturated heterocycles. The highest BCUT2D eigenvalue weighted by atomic mass is 35.5. The molecule has 3 aliphatic rings. The van der Waals surface area contributed by atoms with Gasteiger partial charge in [-0.15, -0.1) is 0 Å². The van der Waals surface area contributed by atoms with E-state index in [-0.39, 0.29) is 43.8 Å². The average molecular weight is 678 g/mol. The van der Waals surface area contributed by atoms with Gasteiger partial charge in [-0.1, -0.05) is 61.0 Å². The number of benzene rings is 3. The number of fused-ring (bicyclic) bond motifs is 2. The minimum Gasteiger partial charge on any atom is -0.395 e. The fourth-order valence-corrected chi connectivity index (χ4v) is 10.5. The molecule has 47 heavy (non-hydrogen) atoms. The summed E-state index contributed by atoms with van der Waals surface area (Å²) in [6.07, 6.45) is 0.340. The van der Waals surface area contributed by atoms with E-state index in [0.717, 1.165) is 23.2 Å². The van der Waals surface area contributed by atoms with Crippen molar-refractivity contribution in [2.75, 3.05) is 29.5 Å². The molecule has 3 heterocycles. The molecule has 11 heteroatoms. The van der Waals surface area contributed by atoms with Gasteiger partial charge < -0.3 is 28.7 Å². The van der Waals surface area contributed by atoms with Gasteiger partial charge >= 0.3 is 0 Å². The standard InChI is InChI=1S/C36H41ClFN3O5Si/c1-24-34(47(2,3)38)31(21-33(44)39(17-18-42)22-25-9-5-4-6-10-25)46-36(24)29-20-27(37)14-15-30(29)41(35(36)45)23-26-11-7-12-28(19-26)40-16-8-13-32(40)43/h4-7,9-12,14-15,19-20,24,31,34,42H,8,13,16-18,21-23H2,1-3H3/t24-,31+,34-,36+/m0/s1. The van der Waals surface area contributed by atoms with Crippen LogP contribution >= 0.6 is 11.6 Å². The molecule has 0 bridgehead atoms. The molecule has 8 nitrogen and oxygen atoms in total. The van der Waals surface area contributed by atoms with Gasteiger partial charge in [-0.3, -0.25) is 14.4 Å². The number of aliphatic hydroxyl groups is 1. The zero-order valence-corrected chi connectivity index (χ0v) is 28.8. The number of hydrogen-bond acceptors (Lipinski definition) is 5. The smallest absolute Gasteiger partial charge is 0.264 e. The summed E-state index contributed by atoms with van der Waals surface area (Å²) < 4.78 is 23.1. The number of rotatable bonds is 10. The zero-order valence-electron chi connectivity index (χ0n) is 27.0. The first kappa shape index (κ1) is 33.3. The molecule has 4 atom stereocenters. The molecule has 3 amide bonds. The van der Waals surface area contributed by atoms with Gasteiger partial charge in [0, 0.05) is 53.8 Å². The highest BCUT2D eigenvalue weighted by Crippen LogP contribution is 2.60. The number of aliphatic hydroxyl groups excluding tert-OH is 1. The second-order valence-electron chi connectivity index (χ2n) is 13.4. The largest absolute Gasteiger partial charge is 0.395 e. The lowest BCUT2D eigenvalue weighted by Crippen LogP contribution is -2.45. The normalized spacial score (nSPS) is 24.0. The summed E-state index contributed by atoms with van der Waals surface area (Å²) in [7, 11) is -3.51. The van der Waals surface area contributed by atoms with Gasteiger partial charge in [0.15, 0.2) is 5.60 Å². The predicted octanol–water partition coefficient (Wildman–Crippen LogP) is 6.20. The predicted molar refractivity (Wildman–Crippen MR) is 182 cm³/mol. The number of carbonyl (C=O) groups excluding carboxylic acids is 3. The molecule has 3 aliphatic heterocycles. The van der Waals surface area contributed by atoms with Gasteiger partial charge in [-0.05, 0) is 61.0 Å². The average Bonchev–Trinajstić information content (AvgIpc) is 3.66. The molecule has 1 N–H and O–H groups in total. The van der Waals surface area contributed by atoms with Crippen LogP contribution in [0, 0.1) is 5.92 Å². The highest BCUT2D eigenvalue weighted by molar-refractivity contribution is 6.72. The van der Waals surface area contributed by atoms with Crippen LogP contribution in [0.25, 0.3) is 0 Å². The lowest BCUT2D eigenvalue weighted by Gasteiger charge is -2.31. The number of anilines is 2. The Morgan fingerprint density at radius 3 is 2.51 bits per heavy atom. The number of amides is 3. The van der Waals surface area contributed by atoms with Crippen molar-refractivity contribution >= 4 is 49.1 Å². The first-order valence-electron chi connectivity index (χ1n) is 16.2. The van der Waals surface area contributed by atoms with Crippen molar-refractivity contribution in [1.82, 2.24) is 4.90 Å². The number of carbonyl (C=O) groups is 3. The Bertz CT molecular complexity index is 1670. The van der Waals surface area contributed by atoms with E-state index in [4.69, 9.17) is 16.3 Å². The third-order valence-corrected chi connectivity index (χ3v) is 12.6. The van der Waals surface area contributed by atoms with E-state index in [1.807, 2.05) is 61.5 Å². The second-order valence-corrected chi connectivity index (χ2v) is 17.6. The van der Waals surface area contributed by atoms with Crippen molar-refractivity contribution in [3.8, 4) is 0 Å². The molecule has 1 spiro atoms. The fourth-order valence-electron chi connectivity index (χ4n) is 7.82. The maximum absolute atomic E-state index is 16.3. The number of nitrogens with zero attached hydrogens (tertiary/aromatic N) is 3. The fraction of sp³-hybridized carbons (Fsp3) is 0.417. The van der Waals surface area contributed by atoms with E-state index in [0.29, 0.717) is 35.8 Å². The molecular weight excluding hydrogens is 637 g/mol. The van der Waals surface area contributed by atoms with E-state index in [2.05, 4.69) is 0 Å². The Morgan fingerprint density at radius 1 is 1.09 bits per heavy atom. The summed E-state index contributed by atoms with van der Waals surface area (Å²) in [5, 5.41) is 10.2. The first-order valence-corrected chi connectivity index (χ1v) is 19.6. The molecule has 3 aromatic carbocycles. The summed E-state index contributed by atoms with van der Waals surface area (Å²) in [6.45, 7) is 6.13. The molecule has 0 radical (unpaired) electrons. The Morgan fingerprint density at radius 2 is 1.83 bits per heavy atom. The van der Waals surface area contributed by atoms with Gasteiger partial charge in [0.25, 0.3) is 5.91 Å². The van der Waals surface area contributed by atoms with Crippen LogP contribution < -0.4 is 9.80 Å². The first-order chi connectivity index (χ1) is 22.4. The van der Waals surface area contributed by atoms with Crippen LogP contribution in [0.4, 0.5) is 15.5 Å². The van der Waals surface area contributed by atoms with Gasteiger partial charge in [0.05, 0.1) is 31.4 Å². The van der Waals surface area contributed by atoms with Crippen molar-refractivity contribution in [2.45, 2.75) is 69.6 Å². The quantitative estimate of drug-likeness (QED) is 0.204. The topological polar surface area (TPSA) is 90.4 Å². The third-order valence-electron chi connectivity index (χ3n) is 9.87. The van der Waals surface area contributed by atoms with Crippen LogP contribution in [-0.2, 0) is 37.8 Å². The Kier molecular flexibility index (Phi) is 9.32. The minimum absolute atomic E-state index is 0.0810. The molecule has 0 aromatic heterocycles. The van der Waals surface area contributed by atoms with Crippen molar-refractivity contribution < 1.29 is 28.3 Å². The number of halogens is 2. The number of hydrogen-bond donors (Lipinski definition) is 1. The van der Waals surface area contributed by atoms with Crippen LogP contribution in [-0.4, -0.2) is 61.9 Å². The Labute approximate surface area is 281 Å². The van der Waals surface area contributed by atoms with Gasteiger partial charge in [0.2, 0.25) is 20.2 Å². The van der Waals surface area contributed by atoms with E-state index in [9.17, 15) is 19.5 Å². The zero-order chi connectivity index (χ0) is 33.5. The Hall–Kier alpha value is -3.57. The van der Waals surface area contributed by atoms with Crippen molar-refractivity contribution in [3.63, 3.8) is 0 Å². The Balaban J connectivity index is 1.33. The minimum atomic E-state index is -3.51. The molecule has 0 unspecified atom stereocenters. The van der Waals surface area contributed by atoms with E-state index in [1.54, 1.807) is 46.0 Å². The van der Waals surface area contributed by atoms with Gasteiger partial charge in [0.1, 0.15) is 0 Å². The monoisotopic (exact) mass is 677 g/mol. The molecule has 248 valence electrons. The van der Waals surface area contributed by atoms with Crippen molar-refractivity contribution in [3.05, 3.63) is 94.5 Å². The summed E-state index contributed by atoms with van der Waals surface area (Å²) in [5.41, 5.74) is 1.54. The van der Waals surface area contributed by atoms with E-state index in [1.165, 1.54) is 0 Å². The molecule has 6 rings (SSSR count). The maximum atomic E-state index is 16.3. The number of ether oxygens (including phenoxy) is 1. The lowest BCUT2D eigenvalue weighted by molar-refractivity contribution is -0.150. The highest BCUT2D eigenvalue weighted by Gasteiger charge is 2.67. The summed E-state index contributed by atoms with van der Waals surface area (Å²) >= 11 is 6.52. The van der Waals surface area contributed by atoms with E-state index < -0.39 is 31.6 Å². The molecule has 0 aliphatic carbocycles. The van der Waals surface area contributed by atoms with Gasteiger partial charge in [-0.25, -0.2) is 0 Å². The lowest BCUT2D eigenvalue weighted by atomic mass is 9.82. The van der Waals surface area contributed by atoms with Crippen molar-refractivity contribution in [2.24, 2.45) is 5.92 Å². The molecule has 0 saturated carbocycles. The SMILES string of the molecule is C[C@H]1[C@H]([Si](C)(C)F)[C@@H](CC(=O)N(CCO)Cc2ccccc2)O[C@]12C(=O)N(Cc1cccc(N3CCCC3=O)c1)c1ccc(Cl)cc12. The maximum Gasteiger partial charge on any atom is 0.264 e. The third kappa shape index (κ3) is 6.24.